The maximum Gasteiger partial charge on any atom is 0.0780 e. The van der Waals surface area contributed by atoms with Crippen molar-refractivity contribution in [3.05, 3.63) is 103 Å². The van der Waals surface area contributed by atoms with E-state index in [9.17, 15) is 0 Å². The first-order valence-electron chi connectivity index (χ1n) is 12.7. The van der Waals surface area contributed by atoms with E-state index >= 15 is 0 Å². The van der Waals surface area contributed by atoms with Gasteiger partial charge in [-0.15, -0.1) is 0 Å². The minimum absolute atomic E-state index is 0.194. The van der Waals surface area contributed by atoms with Crippen molar-refractivity contribution in [1.82, 2.24) is 4.98 Å². The van der Waals surface area contributed by atoms with Crippen LogP contribution in [0.3, 0.4) is 0 Å². The second kappa shape index (κ2) is 7.76. The van der Waals surface area contributed by atoms with E-state index in [1.165, 1.54) is 0 Å². The van der Waals surface area contributed by atoms with Crippen molar-refractivity contribution in [3.8, 4) is 22.4 Å². The van der Waals surface area contributed by atoms with Gasteiger partial charge < -0.3 is 0 Å². The molecule has 0 saturated carbocycles. The first kappa shape index (κ1) is 13.7. The lowest BCUT2D eigenvalue weighted by atomic mass is 9.92. The molecule has 1 heteroatoms. The largest absolute Gasteiger partial charge is 0.256 e. The molecule has 4 aromatic carbocycles. The Balaban J connectivity index is 1.81. The van der Waals surface area contributed by atoms with Crippen LogP contribution < -0.4 is 0 Å². The van der Waals surface area contributed by atoms with Crippen LogP contribution in [0.4, 0.5) is 0 Å². The molecule has 30 heavy (non-hydrogen) atoms. The summed E-state index contributed by atoms with van der Waals surface area (Å²) in [7, 11) is 0. The highest BCUT2D eigenvalue weighted by Crippen LogP contribution is 2.34. The van der Waals surface area contributed by atoms with E-state index in [1.807, 2.05) is 36.5 Å². The lowest BCUT2D eigenvalue weighted by Crippen LogP contribution is -1.96. The number of rotatable bonds is 4. The van der Waals surface area contributed by atoms with E-state index in [4.69, 9.17) is 11.8 Å². The van der Waals surface area contributed by atoms with E-state index < -0.39 is 0 Å². The summed E-state index contributed by atoms with van der Waals surface area (Å²) >= 11 is 0. The van der Waals surface area contributed by atoms with Gasteiger partial charge in [-0.25, -0.2) is 0 Å². The minimum Gasteiger partial charge on any atom is -0.256 e. The lowest BCUT2D eigenvalue weighted by molar-refractivity contribution is 0.647. The molecule has 0 amide bonds. The second-order valence-corrected chi connectivity index (χ2v) is 8.06. The normalized spacial score (nSPS) is 13.8. The molecule has 5 aromatic rings. The zero-order chi connectivity index (χ0) is 24.9. The summed E-state index contributed by atoms with van der Waals surface area (Å²) in [5.74, 6) is 0.391. The van der Waals surface area contributed by atoms with Gasteiger partial charge >= 0.3 is 0 Å². The summed E-state index contributed by atoms with van der Waals surface area (Å²) < 4.78 is 41.2. The first-order valence-corrected chi connectivity index (χ1v) is 10.2. The van der Waals surface area contributed by atoms with Crippen LogP contribution >= 0.6 is 0 Å². The average molecular weight is 393 g/mol. The number of pyridine rings is 1. The van der Waals surface area contributed by atoms with Crippen molar-refractivity contribution in [1.29, 1.82) is 0 Å². The molecule has 0 aliphatic carbocycles. The Kier molecular flexibility index (Phi) is 3.55. The molecule has 146 valence electrons. The summed E-state index contributed by atoms with van der Waals surface area (Å²) in [6, 6.07) is 19.0. The fourth-order valence-corrected chi connectivity index (χ4v) is 4.12. The zero-order valence-corrected chi connectivity index (χ0v) is 17.1. The number of hydrogen-bond donors (Lipinski definition) is 0. The van der Waals surface area contributed by atoms with Gasteiger partial charge in [0.1, 0.15) is 0 Å². The first-order chi connectivity index (χ1) is 16.8. The van der Waals surface area contributed by atoms with Crippen LogP contribution in [0.1, 0.15) is 26.3 Å². The molecule has 0 bridgehead atoms. The second-order valence-electron chi connectivity index (χ2n) is 8.06. The highest BCUT2D eigenvalue weighted by Gasteiger charge is 2.12. The fourth-order valence-electron chi connectivity index (χ4n) is 4.12. The molecule has 0 radical (unpaired) electrons. The third kappa shape index (κ3) is 3.48. The van der Waals surface area contributed by atoms with E-state index in [0.29, 0.717) is 11.5 Å². The SMILES string of the molecule is [2H]c1c([2H])c([2H])c(-c2cc(CC(C)C)cc(-c3nccc4c3ccc3ccccc34)c2)c([2H])c1[2H]. The lowest BCUT2D eigenvalue weighted by Gasteiger charge is -2.14. The molecule has 1 heterocycles. The smallest absolute Gasteiger partial charge is 0.0780 e. The molecule has 0 saturated heterocycles. The van der Waals surface area contributed by atoms with Gasteiger partial charge in [0.2, 0.25) is 0 Å². The molecule has 0 N–H and O–H groups in total. The van der Waals surface area contributed by atoms with Gasteiger partial charge in [0.15, 0.2) is 0 Å². The van der Waals surface area contributed by atoms with Crippen LogP contribution in [0.15, 0.2) is 97.1 Å². The van der Waals surface area contributed by atoms with Crippen molar-refractivity contribution in [2.75, 3.05) is 0 Å². The molecule has 0 unspecified atom stereocenters. The maximum atomic E-state index is 8.49. The Morgan fingerprint density at radius 2 is 1.57 bits per heavy atom. The molecule has 1 aromatic heterocycles. The number of benzene rings is 4. The van der Waals surface area contributed by atoms with Crippen LogP contribution in [0.25, 0.3) is 43.9 Å². The quantitative estimate of drug-likeness (QED) is 0.283. The predicted molar refractivity (Wildman–Crippen MR) is 129 cm³/mol. The molecular formula is C29H25N. The Bertz CT molecular complexity index is 1580. The third-order valence-corrected chi connectivity index (χ3v) is 5.37. The van der Waals surface area contributed by atoms with Crippen molar-refractivity contribution >= 4 is 21.5 Å². The van der Waals surface area contributed by atoms with Gasteiger partial charge in [-0.3, -0.25) is 4.98 Å². The summed E-state index contributed by atoms with van der Waals surface area (Å²) in [4.78, 5) is 4.74. The topological polar surface area (TPSA) is 12.9 Å². The molecule has 0 spiro atoms. The zero-order valence-electron chi connectivity index (χ0n) is 22.1. The minimum atomic E-state index is -0.384. The number of hydrogen-bond acceptors (Lipinski definition) is 1. The van der Waals surface area contributed by atoms with Gasteiger partial charge in [-0.05, 0) is 63.4 Å². The predicted octanol–water partition coefficient (Wildman–Crippen LogP) is 7.92. The van der Waals surface area contributed by atoms with Gasteiger partial charge in [0.25, 0.3) is 0 Å². The van der Waals surface area contributed by atoms with Crippen molar-refractivity contribution in [3.63, 3.8) is 0 Å². The van der Waals surface area contributed by atoms with Crippen molar-refractivity contribution < 1.29 is 6.85 Å². The summed E-state index contributed by atoms with van der Waals surface area (Å²) in [6.07, 6.45) is 2.61. The van der Waals surface area contributed by atoms with Gasteiger partial charge in [0.05, 0.1) is 12.5 Å². The molecule has 5 rings (SSSR count). The van der Waals surface area contributed by atoms with Crippen molar-refractivity contribution in [2.24, 2.45) is 5.92 Å². The number of fused-ring (bicyclic) bond motifs is 3. The molecular weight excluding hydrogens is 362 g/mol. The summed E-state index contributed by atoms with van der Waals surface area (Å²) in [5, 5.41) is 4.43. The van der Waals surface area contributed by atoms with Crippen LogP contribution in [-0.2, 0) is 6.42 Å². The van der Waals surface area contributed by atoms with Crippen molar-refractivity contribution in [2.45, 2.75) is 20.3 Å². The van der Waals surface area contributed by atoms with Crippen LogP contribution in [0.2, 0.25) is 0 Å². The number of aromatic nitrogens is 1. The van der Waals surface area contributed by atoms with Gasteiger partial charge in [0, 0.05) is 17.1 Å². The molecule has 1 nitrogen and oxygen atoms in total. The average Bonchev–Trinajstić information content (AvgIpc) is 2.85. The molecule has 0 aliphatic heterocycles. The van der Waals surface area contributed by atoms with Crippen LogP contribution in [-0.4, -0.2) is 4.98 Å². The van der Waals surface area contributed by atoms with E-state index in [0.717, 1.165) is 44.8 Å². The molecule has 0 fully saturated rings. The molecule has 0 atom stereocenters. The van der Waals surface area contributed by atoms with Gasteiger partial charge in [-0.2, -0.15) is 0 Å². The Hall–Kier alpha value is -3.45. The maximum absolute atomic E-state index is 8.49. The Morgan fingerprint density at radius 1 is 0.767 bits per heavy atom. The van der Waals surface area contributed by atoms with E-state index in [1.54, 1.807) is 0 Å². The standard InChI is InChI=1S/C29H25N/c1-20(2)16-21-17-24(22-8-4-3-5-9-22)19-25(18-21)29-28-13-12-23-10-6-7-11-26(23)27(28)14-15-30-29/h3-15,17-20H,16H2,1-2H3/i3D,4D,5D,8D,9D. The molecule has 0 aliphatic rings. The van der Waals surface area contributed by atoms with E-state index in [-0.39, 0.29) is 35.8 Å². The van der Waals surface area contributed by atoms with Crippen LogP contribution in [0, 0.1) is 5.92 Å². The Labute approximate surface area is 185 Å². The summed E-state index contributed by atoms with van der Waals surface area (Å²) in [5.41, 5.74) is 3.54. The van der Waals surface area contributed by atoms with Crippen LogP contribution in [0.5, 0.6) is 0 Å². The third-order valence-electron chi connectivity index (χ3n) is 5.37. The highest BCUT2D eigenvalue weighted by atomic mass is 14.7. The summed E-state index contributed by atoms with van der Waals surface area (Å²) in [6.45, 7) is 4.28. The monoisotopic (exact) mass is 392 g/mol. The van der Waals surface area contributed by atoms with E-state index in [2.05, 4.69) is 44.2 Å². The number of nitrogens with zero attached hydrogens (tertiary/aromatic N) is 1. The highest BCUT2D eigenvalue weighted by molar-refractivity contribution is 6.11. The fraction of sp³-hybridized carbons (Fsp3) is 0.138. The van der Waals surface area contributed by atoms with Gasteiger partial charge in [-0.1, -0.05) is 86.5 Å². The Morgan fingerprint density at radius 3 is 2.40 bits per heavy atom.